The maximum atomic E-state index is 12.6. The van der Waals surface area contributed by atoms with Crippen molar-refractivity contribution >= 4 is 14.6 Å². The summed E-state index contributed by atoms with van der Waals surface area (Å²) in [4.78, 5) is 14.3. The summed E-state index contributed by atoms with van der Waals surface area (Å²) >= 11 is 0. The topological polar surface area (TPSA) is 43.8 Å². The molecule has 19 heavy (non-hydrogen) atoms. The van der Waals surface area contributed by atoms with E-state index >= 15 is 0 Å². The first kappa shape index (κ1) is 14.2. The maximum Gasteiger partial charge on any atom is 0.242 e. The van der Waals surface area contributed by atoms with Gasteiger partial charge in [-0.05, 0) is 16.9 Å². The molecule has 0 saturated heterocycles. The van der Waals surface area contributed by atoms with Crippen LogP contribution < -0.4 is 0 Å². The minimum absolute atomic E-state index is 0.510. The average molecular weight is 277 g/mol. The molecule has 2 rings (SSSR count). The van der Waals surface area contributed by atoms with Crippen molar-refractivity contribution in [1.29, 1.82) is 0 Å². The van der Waals surface area contributed by atoms with Gasteiger partial charge in [-0.1, -0.05) is 18.2 Å². The Balaban J connectivity index is 2.09. The van der Waals surface area contributed by atoms with Crippen LogP contribution >= 0.6 is 7.37 Å². The van der Waals surface area contributed by atoms with E-state index in [2.05, 4.69) is 0 Å². The summed E-state index contributed by atoms with van der Waals surface area (Å²) in [5.74, 6) is 0. The predicted molar refractivity (Wildman–Crippen MR) is 79.9 cm³/mol. The maximum absolute atomic E-state index is 12.6. The third-order valence-corrected chi connectivity index (χ3v) is 5.45. The molecule has 101 valence electrons. The Bertz CT molecular complexity index is 513. The molecule has 1 aliphatic carbocycles. The van der Waals surface area contributed by atoms with Gasteiger partial charge in [0.05, 0.1) is 0 Å². The smallest absolute Gasteiger partial charge is 0.242 e. The van der Waals surface area contributed by atoms with Crippen LogP contribution in [0, 0.1) is 0 Å². The Morgan fingerprint density at radius 3 is 2.26 bits per heavy atom. The van der Waals surface area contributed by atoms with Crippen LogP contribution in [0.4, 0.5) is 0 Å². The van der Waals surface area contributed by atoms with Crippen molar-refractivity contribution in [3.63, 3.8) is 0 Å². The second-order valence-corrected chi connectivity index (χ2v) is 7.43. The summed E-state index contributed by atoms with van der Waals surface area (Å²) in [5, 5.41) is 1.11. The minimum atomic E-state index is -3.43. The van der Waals surface area contributed by atoms with E-state index in [1.165, 1.54) is 0 Å². The zero-order valence-corrected chi connectivity index (χ0v) is 12.7. The molecule has 1 atom stereocenters. The average Bonchev–Trinajstić information content (AvgIpc) is 2.99. The van der Waals surface area contributed by atoms with Crippen LogP contribution in [0.2, 0.25) is 0 Å². The van der Waals surface area contributed by atoms with Gasteiger partial charge in [0.25, 0.3) is 0 Å². The molecular formula is C13H19BN2O2P. The van der Waals surface area contributed by atoms with Crippen LogP contribution in [0.25, 0.3) is 0 Å². The fraction of sp³-hybridized carbons (Fsp3) is 0.385. The van der Waals surface area contributed by atoms with E-state index in [4.69, 9.17) is 0 Å². The molecule has 1 N–H and O–H groups in total. The van der Waals surface area contributed by atoms with Gasteiger partial charge < -0.3 is 14.7 Å². The van der Waals surface area contributed by atoms with E-state index < -0.39 is 7.37 Å². The van der Waals surface area contributed by atoms with E-state index in [1.54, 1.807) is 19.4 Å². The van der Waals surface area contributed by atoms with E-state index in [-0.39, 0.29) is 0 Å². The molecule has 0 aromatic carbocycles. The third-order valence-electron chi connectivity index (χ3n) is 3.38. The van der Waals surface area contributed by atoms with Crippen molar-refractivity contribution in [2.75, 3.05) is 28.2 Å². The normalized spacial score (nSPS) is 20.9. The molecule has 0 spiro atoms. The largest absolute Gasteiger partial charge is 0.389 e. The van der Waals surface area contributed by atoms with Gasteiger partial charge in [-0.3, -0.25) is 4.57 Å². The Morgan fingerprint density at radius 2 is 1.79 bits per heavy atom. The van der Waals surface area contributed by atoms with Gasteiger partial charge in [0.1, 0.15) is 0 Å². The first-order valence-corrected chi connectivity index (χ1v) is 7.83. The molecule has 0 aromatic rings. The molecule has 6 heteroatoms. The molecule has 2 aliphatic rings. The first-order chi connectivity index (χ1) is 8.82. The molecule has 1 unspecified atom stereocenters. The molecular weight excluding hydrogens is 258 g/mol. The summed E-state index contributed by atoms with van der Waals surface area (Å²) in [5.41, 5.74) is 2.01. The van der Waals surface area contributed by atoms with Crippen LogP contribution in [0.15, 0.2) is 46.1 Å². The van der Waals surface area contributed by atoms with Crippen LogP contribution in [0.3, 0.4) is 0 Å². The lowest BCUT2D eigenvalue weighted by molar-refractivity contribution is 0.485. The molecule has 0 aromatic heterocycles. The van der Waals surface area contributed by atoms with Crippen molar-refractivity contribution < 1.29 is 9.46 Å². The molecule has 0 amide bonds. The van der Waals surface area contributed by atoms with Gasteiger partial charge >= 0.3 is 0 Å². The lowest BCUT2D eigenvalue weighted by Crippen LogP contribution is -2.15. The zero-order chi connectivity index (χ0) is 14.2. The highest BCUT2D eigenvalue weighted by atomic mass is 31.2. The Labute approximate surface area is 115 Å². The lowest BCUT2D eigenvalue weighted by atomic mass is 9.77. The highest BCUT2D eigenvalue weighted by Crippen LogP contribution is 2.60. The second-order valence-electron chi connectivity index (χ2n) is 5.19. The van der Waals surface area contributed by atoms with Crippen LogP contribution in [0.1, 0.15) is 6.42 Å². The Kier molecular flexibility index (Phi) is 3.79. The minimum Gasteiger partial charge on any atom is -0.389 e. The standard InChI is InChI=1S/C13H19BN2O2P/c1-15(2)10-5-6-11(9-10)19(17,18)13-8-7-12(14-13)16(3)4/h5-8H,9H2,1-4H3,(H,17,18). The fourth-order valence-corrected chi connectivity index (χ4v) is 3.63. The summed E-state index contributed by atoms with van der Waals surface area (Å²) in [6.45, 7) is 0. The van der Waals surface area contributed by atoms with E-state index in [1.807, 2.05) is 50.1 Å². The third kappa shape index (κ3) is 2.72. The summed E-state index contributed by atoms with van der Waals surface area (Å²) < 4.78 is 12.6. The van der Waals surface area contributed by atoms with Crippen LogP contribution in [0.5, 0.6) is 0 Å². The molecule has 1 heterocycles. The van der Waals surface area contributed by atoms with Crippen LogP contribution in [-0.2, 0) is 4.57 Å². The summed E-state index contributed by atoms with van der Waals surface area (Å²) in [6, 6.07) is 0. The number of hydrogen-bond donors (Lipinski definition) is 1. The summed E-state index contributed by atoms with van der Waals surface area (Å²) in [6.07, 6.45) is 7.84. The first-order valence-electron chi connectivity index (χ1n) is 6.17. The van der Waals surface area contributed by atoms with Crippen molar-refractivity contribution in [3.05, 3.63) is 46.1 Å². The van der Waals surface area contributed by atoms with Gasteiger partial charge in [-0.15, -0.1) is 0 Å². The molecule has 4 nitrogen and oxygen atoms in total. The van der Waals surface area contributed by atoms with Crippen molar-refractivity contribution in [2.45, 2.75) is 6.42 Å². The lowest BCUT2D eigenvalue weighted by Gasteiger charge is -2.19. The highest BCUT2D eigenvalue weighted by molar-refractivity contribution is 7.69. The number of nitrogens with zero attached hydrogens (tertiary/aromatic N) is 2. The predicted octanol–water partition coefficient (Wildman–Crippen LogP) is 1.95. The van der Waals surface area contributed by atoms with Crippen molar-refractivity contribution in [1.82, 2.24) is 9.80 Å². The van der Waals surface area contributed by atoms with Gasteiger partial charge in [0.2, 0.25) is 14.6 Å². The molecule has 0 fully saturated rings. The van der Waals surface area contributed by atoms with E-state index in [0.717, 1.165) is 11.3 Å². The number of rotatable bonds is 4. The SMILES string of the molecule is CN(C)C1=CC=C(P(=O)(O)C2=CC=C(N(C)C)C2)[B]1. The van der Waals surface area contributed by atoms with Crippen molar-refractivity contribution in [3.8, 4) is 0 Å². The number of allylic oxidation sites excluding steroid dienone is 5. The Hall–Kier alpha value is -1.19. The van der Waals surface area contributed by atoms with E-state index in [0.29, 0.717) is 16.9 Å². The zero-order valence-electron chi connectivity index (χ0n) is 11.8. The second kappa shape index (κ2) is 5.07. The van der Waals surface area contributed by atoms with Gasteiger partial charge in [0.15, 0.2) is 0 Å². The van der Waals surface area contributed by atoms with E-state index in [9.17, 15) is 9.46 Å². The van der Waals surface area contributed by atoms with Gasteiger partial charge in [0, 0.05) is 45.6 Å². The van der Waals surface area contributed by atoms with Gasteiger partial charge in [-0.25, -0.2) is 0 Å². The molecule has 1 radical (unpaired) electrons. The molecule has 0 bridgehead atoms. The monoisotopic (exact) mass is 277 g/mol. The van der Waals surface area contributed by atoms with Gasteiger partial charge in [-0.2, -0.15) is 0 Å². The quantitative estimate of drug-likeness (QED) is 0.630. The fourth-order valence-electron chi connectivity index (χ4n) is 2.06. The van der Waals surface area contributed by atoms with Crippen LogP contribution in [-0.4, -0.2) is 50.2 Å². The highest BCUT2D eigenvalue weighted by Gasteiger charge is 2.34. The molecule has 1 aliphatic heterocycles. The summed E-state index contributed by atoms with van der Waals surface area (Å²) in [7, 11) is 6.08. The Morgan fingerprint density at radius 1 is 1.11 bits per heavy atom. The van der Waals surface area contributed by atoms with Crippen molar-refractivity contribution in [2.24, 2.45) is 0 Å². The number of hydrogen-bond acceptors (Lipinski definition) is 3. The molecule has 0 saturated carbocycles.